The van der Waals surface area contributed by atoms with Crippen molar-refractivity contribution in [2.45, 2.75) is 6.42 Å². The van der Waals surface area contributed by atoms with Crippen molar-refractivity contribution in [3.05, 3.63) is 48.3 Å². The summed E-state index contributed by atoms with van der Waals surface area (Å²) in [6.07, 6.45) is 2.48. The van der Waals surface area contributed by atoms with E-state index in [1.54, 1.807) is 6.07 Å². The fourth-order valence-corrected chi connectivity index (χ4v) is 1.63. The van der Waals surface area contributed by atoms with E-state index in [2.05, 4.69) is 39.1 Å². The summed E-state index contributed by atoms with van der Waals surface area (Å²) in [7, 11) is 2.00. The van der Waals surface area contributed by atoms with Crippen LogP contribution in [-0.4, -0.2) is 23.6 Å². The van der Waals surface area contributed by atoms with Gasteiger partial charge in [0.1, 0.15) is 18.0 Å². The summed E-state index contributed by atoms with van der Waals surface area (Å²) >= 11 is 0. The van der Waals surface area contributed by atoms with Gasteiger partial charge in [-0.2, -0.15) is 0 Å². The summed E-state index contributed by atoms with van der Waals surface area (Å²) in [5.41, 5.74) is 6.95. The first-order chi connectivity index (χ1) is 8.25. The summed E-state index contributed by atoms with van der Waals surface area (Å²) in [5.74, 6) is 1.36. The van der Waals surface area contributed by atoms with Gasteiger partial charge in [-0.3, -0.25) is 0 Å². The monoisotopic (exact) mass is 228 g/mol. The topological polar surface area (TPSA) is 55.0 Å². The molecular formula is C13H16N4. The van der Waals surface area contributed by atoms with Crippen LogP contribution < -0.4 is 10.6 Å². The Morgan fingerprint density at radius 2 is 1.94 bits per heavy atom. The zero-order valence-corrected chi connectivity index (χ0v) is 9.87. The molecule has 88 valence electrons. The number of nitrogens with two attached hydrogens (primary N) is 1. The first-order valence-electron chi connectivity index (χ1n) is 5.58. The van der Waals surface area contributed by atoms with Crippen LogP contribution in [0.15, 0.2) is 42.7 Å². The van der Waals surface area contributed by atoms with E-state index in [1.165, 1.54) is 11.9 Å². The van der Waals surface area contributed by atoms with E-state index in [4.69, 9.17) is 5.73 Å². The van der Waals surface area contributed by atoms with Crippen molar-refractivity contribution in [1.82, 2.24) is 9.97 Å². The minimum atomic E-state index is 0.501. The predicted molar refractivity (Wildman–Crippen MR) is 69.9 cm³/mol. The first-order valence-corrected chi connectivity index (χ1v) is 5.58. The quantitative estimate of drug-likeness (QED) is 0.866. The van der Waals surface area contributed by atoms with Gasteiger partial charge in [0.05, 0.1) is 0 Å². The number of anilines is 2. The van der Waals surface area contributed by atoms with Gasteiger partial charge in [0.2, 0.25) is 0 Å². The Kier molecular flexibility index (Phi) is 3.55. The fourth-order valence-electron chi connectivity index (χ4n) is 1.63. The smallest absolute Gasteiger partial charge is 0.133 e. The second kappa shape index (κ2) is 5.30. The largest absolute Gasteiger partial charge is 0.384 e. The van der Waals surface area contributed by atoms with Crippen molar-refractivity contribution < 1.29 is 0 Å². The average molecular weight is 228 g/mol. The minimum Gasteiger partial charge on any atom is -0.384 e. The maximum Gasteiger partial charge on any atom is 0.133 e. The zero-order chi connectivity index (χ0) is 12.1. The number of likely N-dealkylation sites (N-methyl/N-ethyl adjacent to an activating group) is 1. The van der Waals surface area contributed by atoms with E-state index in [0.717, 1.165) is 18.8 Å². The molecule has 0 saturated heterocycles. The molecule has 0 spiro atoms. The van der Waals surface area contributed by atoms with Crippen molar-refractivity contribution in [2.24, 2.45) is 0 Å². The SMILES string of the molecule is CN(CCc1ccccc1)c1cc(N)ncn1. The molecule has 0 atom stereocenters. The highest BCUT2D eigenvalue weighted by Gasteiger charge is 2.03. The molecule has 1 heterocycles. The predicted octanol–water partition coefficient (Wildman–Crippen LogP) is 1.74. The molecule has 2 N–H and O–H groups in total. The van der Waals surface area contributed by atoms with E-state index in [-0.39, 0.29) is 0 Å². The highest BCUT2D eigenvalue weighted by atomic mass is 15.2. The highest BCUT2D eigenvalue weighted by molar-refractivity contribution is 5.45. The van der Waals surface area contributed by atoms with Gasteiger partial charge in [-0.15, -0.1) is 0 Å². The maximum absolute atomic E-state index is 5.63. The van der Waals surface area contributed by atoms with Crippen molar-refractivity contribution in [3.8, 4) is 0 Å². The minimum absolute atomic E-state index is 0.501. The zero-order valence-electron chi connectivity index (χ0n) is 9.87. The van der Waals surface area contributed by atoms with Gasteiger partial charge in [0.15, 0.2) is 0 Å². The second-order valence-corrected chi connectivity index (χ2v) is 3.96. The van der Waals surface area contributed by atoms with Gasteiger partial charge in [-0.25, -0.2) is 9.97 Å². The molecule has 4 heteroatoms. The van der Waals surface area contributed by atoms with Crippen LogP contribution in [0.2, 0.25) is 0 Å². The van der Waals surface area contributed by atoms with Crippen molar-refractivity contribution in [3.63, 3.8) is 0 Å². The Hall–Kier alpha value is -2.10. The van der Waals surface area contributed by atoms with Crippen LogP contribution in [0.25, 0.3) is 0 Å². The lowest BCUT2D eigenvalue weighted by atomic mass is 10.1. The summed E-state index contributed by atoms with van der Waals surface area (Å²) in [6.45, 7) is 0.903. The summed E-state index contributed by atoms with van der Waals surface area (Å²) in [6, 6.07) is 12.2. The molecule has 0 unspecified atom stereocenters. The molecule has 0 aliphatic heterocycles. The highest BCUT2D eigenvalue weighted by Crippen LogP contribution is 2.11. The maximum atomic E-state index is 5.63. The normalized spacial score (nSPS) is 10.2. The molecular weight excluding hydrogens is 212 g/mol. The van der Waals surface area contributed by atoms with Crippen molar-refractivity contribution in [1.29, 1.82) is 0 Å². The Morgan fingerprint density at radius 3 is 2.65 bits per heavy atom. The molecule has 0 aliphatic rings. The van der Waals surface area contributed by atoms with Gasteiger partial charge < -0.3 is 10.6 Å². The lowest BCUT2D eigenvalue weighted by molar-refractivity contribution is 0.856. The molecule has 0 radical (unpaired) electrons. The fraction of sp³-hybridized carbons (Fsp3) is 0.231. The molecule has 2 rings (SSSR count). The van der Waals surface area contributed by atoms with Crippen LogP contribution in [0.5, 0.6) is 0 Å². The third kappa shape index (κ3) is 3.17. The van der Waals surface area contributed by atoms with Crippen molar-refractivity contribution >= 4 is 11.6 Å². The number of nitrogens with zero attached hydrogens (tertiary/aromatic N) is 3. The Balaban J connectivity index is 1.96. The summed E-state index contributed by atoms with van der Waals surface area (Å²) in [4.78, 5) is 10.1. The van der Waals surface area contributed by atoms with Crippen LogP contribution in [-0.2, 0) is 6.42 Å². The molecule has 0 bridgehead atoms. The summed E-state index contributed by atoms with van der Waals surface area (Å²) < 4.78 is 0. The van der Waals surface area contributed by atoms with E-state index < -0.39 is 0 Å². The number of rotatable bonds is 4. The Morgan fingerprint density at radius 1 is 1.18 bits per heavy atom. The molecule has 0 amide bonds. The van der Waals surface area contributed by atoms with Crippen LogP contribution in [0.3, 0.4) is 0 Å². The number of benzene rings is 1. The van der Waals surface area contributed by atoms with E-state index in [1.807, 2.05) is 13.1 Å². The van der Waals surface area contributed by atoms with Gasteiger partial charge in [0, 0.05) is 19.7 Å². The molecule has 0 aliphatic carbocycles. The van der Waals surface area contributed by atoms with Gasteiger partial charge in [-0.05, 0) is 12.0 Å². The van der Waals surface area contributed by atoms with E-state index >= 15 is 0 Å². The lowest BCUT2D eigenvalue weighted by Crippen LogP contribution is -2.21. The number of aromatic nitrogens is 2. The van der Waals surface area contributed by atoms with Crippen molar-refractivity contribution in [2.75, 3.05) is 24.2 Å². The second-order valence-electron chi connectivity index (χ2n) is 3.96. The third-order valence-corrected chi connectivity index (χ3v) is 2.64. The van der Waals surface area contributed by atoms with E-state index in [0.29, 0.717) is 5.82 Å². The van der Waals surface area contributed by atoms with Crippen LogP contribution in [0, 0.1) is 0 Å². The molecule has 17 heavy (non-hydrogen) atoms. The third-order valence-electron chi connectivity index (χ3n) is 2.64. The molecule has 1 aromatic heterocycles. The first kappa shape index (κ1) is 11.4. The average Bonchev–Trinajstić information content (AvgIpc) is 2.37. The number of hydrogen-bond donors (Lipinski definition) is 1. The van der Waals surface area contributed by atoms with Crippen LogP contribution in [0.4, 0.5) is 11.6 Å². The molecule has 2 aromatic rings. The number of hydrogen-bond acceptors (Lipinski definition) is 4. The standard InChI is InChI=1S/C13H16N4/c1-17(13-9-12(14)15-10-16-13)8-7-11-5-3-2-4-6-11/h2-6,9-10H,7-8H2,1H3,(H2,14,15,16). The van der Waals surface area contributed by atoms with Gasteiger partial charge >= 0.3 is 0 Å². The van der Waals surface area contributed by atoms with E-state index in [9.17, 15) is 0 Å². The Labute approximate surface area is 101 Å². The van der Waals surface area contributed by atoms with Gasteiger partial charge in [-0.1, -0.05) is 30.3 Å². The lowest BCUT2D eigenvalue weighted by Gasteiger charge is -2.17. The van der Waals surface area contributed by atoms with Gasteiger partial charge in [0.25, 0.3) is 0 Å². The molecule has 0 fully saturated rings. The van der Waals surface area contributed by atoms with Crippen LogP contribution in [0.1, 0.15) is 5.56 Å². The van der Waals surface area contributed by atoms with Crippen LogP contribution >= 0.6 is 0 Å². The Bertz CT molecular complexity index is 470. The summed E-state index contributed by atoms with van der Waals surface area (Å²) in [5, 5.41) is 0. The molecule has 0 saturated carbocycles. The number of nitrogen functional groups attached to an aromatic ring is 1. The molecule has 4 nitrogen and oxygen atoms in total. The molecule has 1 aromatic carbocycles.